The molecule has 1 aromatic carbocycles. The number of aromatic nitrogens is 2. The van der Waals surface area contributed by atoms with E-state index in [9.17, 15) is 14.4 Å². The summed E-state index contributed by atoms with van der Waals surface area (Å²) >= 11 is 0. The molecule has 0 spiro atoms. The van der Waals surface area contributed by atoms with Gasteiger partial charge in [-0.1, -0.05) is 13.3 Å². The van der Waals surface area contributed by atoms with Crippen LogP contribution in [0.25, 0.3) is 5.65 Å². The molecule has 1 aliphatic rings. The SMILES string of the molecule is CCCCC(=O)N(C)c1c(C)nc2ccc(C(=O)Nc3ccc4c(c3)OCC(=O)N4)cn12. The molecule has 2 aromatic heterocycles. The fourth-order valence-corrected chi connectivity index (χ4v) is 3.66. The summed E-state index contributed by atoms with van der Waals surface area (Å²) in [5.74, 6) is 0.621. The van der Waals surface area contributed by atoms with Crippen molar-refractivity contribution in [1.82, 2.24) is 9.38 Å². The molecule has 3 aromatic rings. The van der Waals surface area contributed by atoms with Crippen molar-refractivity contribution in [3.8, 4) is 5.75 Å². The molecule has 1 aliphatic heterocycles. The number of hydrogen-bond donors (Lipinski definition) is 2. The standard InChI is InChI=1S/C23H25N5O4/c1-4-5-6-21(30)27(3)23-14(2)24-19-10-7-15(12-28(19)23)22(31)25-16-8-9-17-18(11-16)32-13-20(29)26-17/h7-12H,4-6,13H2,1-3H3,(H,25,31)(H,26,29). The number of imidazole rings is 1. The van der Waals surface area contributed by atoms with Crippen LogP contribution in [-0.2, 0) is 9.59 Å². The van der Waals surface area contributed by atoms with Crippen LogP contribution in [0.3, 0.4) is 0 Å². The van der Waals surface area contributed by atoms with E-state index < -0.39 is 0 Å². The highest BCUT2D eigenvalue weighted by Crippen LogP contribution is 2.31. The van der Waals surface area contributed by atoms with Gasteiger partial charge in [-0.05, 0) is 37.6 Å². The molecular weight excluding hydrogens is 410 g/mol. The number of aryl methyl sites for hydroxylation is 1. The summed E-state index contributed by atoms with van der Waals surface area (Å²) in [6, 6.07) is 8.48. The number of ether oxygens (including phenoxy) is 1. The van der Waals surface area contributed by atoms with E-state index in [1.807, 2.05) is 13.8 Å². The Balaban J connectivity index is 1.59. The predicted molar refractivity (Wildman–Crippen MR) is 121 cm³/mol. The molecule has 3 amide bonds. The smallest absolute Gasteiger partial charge is 0.262 e. The molecule has 0 aliphatic carbocycles. The van der Waals surface area contributed by atoms with E-state index in [4.69, 9.17) is 4.74 Å². The third-order valence-electron chi connectivity index (χ3n) is 5.33. The normalized spacial score (nSPS) is 12.7. The van der Waals surface area contributed by atoms with Crippen molar-refractivity contribution in [3.05, 3.63) is 47.8 Å². The molecule has 0 atom stereocenters. The van der Waals surface area contributed by atoms with Crippen molar-refractivity contribution in [3.63, 3.8) is 0 Å². The summed E-state index contributed by atoms with van der Waals surface area (Å²) in [7, 11) is 1.73. The number of pyridine rings is 1. The number of nitrogens with zero attached hydrogens (tertiary/aromatic N) is 3. The summed E-state index contributed by atoms with van der Waals surface area (Å²) in [4.78, 5) is 43.0. The van der Waals surface area contributed by atoms with E-state index in [-0.39, 0.29) is 24.3 Å². The molecule has 0 saturated heterocycles. The van der Waals surface area contributed by atoms with Gasteiger partial charge in [0.1, 0.15) is 17.2 Å². The van der Waals surface area contributed by atoms with E-state index in [0.29, 0.717) is 46.3 Å². The molecule has 0 saturated carbocycles. The largest absolute Gasteiger partial charge is 0.482 e. The Morgan fingerprint density at radius 2 is 2.09 bits per heavy atom. The maximum absolute atomic E-state index is 12.9. The Morgan fingerprint density at radius 1 is 1.28 bits per heavy atom. The number of benzene rings is 1. The molecule has 4 rings (SSSR count). The minimum absolute atomic E-state index is 0.00718. The van der Waals surface area contributed by atoms with Crippen LogP contribution in [-0.4, -0.2) is 40.8 Å². The van der Waals surface area contributed by atoms with Crippen LogP contribution < -0.4 is 20.3 Å². The van der Waals surface area contributed by atoms with Gasteiger partial charge in [-0.25, -0.2) is 4.98 Å². The van der Waals surface area contributed by atoms with Gasteiger partial charge in [0, 0.05) is 31.4 Å². The van der Waals surface area contributed by atoms with E-state index in [0.717, 1.165) is 12.8 Å². The first kappa shape index (κ1) is 21.4. The lowest BCUT2D eigenvalue weighted by Crippen LogP contribution is -2.27. The van der Waals surface area contributed by atoms with Gasteiger partial charge >= 0.3 is 0 Å². The summed E-state index contributed by atoms with van der Waals surface area (Å²) in [6.45, 7) is 3.83. The second-order valence-electron chi connectivity index (χ2n) is 7.73. The number of hydrogen-bond acceptors (Lipinski definition) is 5. The van der Waals surface area contributed by atoms with Crippen LogP contribution in [0.2, 0.25) is 0 Å². The monoisotopic (exact) mass is 435 g/mol. The fourth-order valence-electron chi connectivity index (χ4n) is 3.66. The summed E-state index contributed by atoms with van der Waals surface area (Å²) < 4.78 is 7.17. The summed E-state index contributed by atoms with van der Waals surface area (Å²) in [6.07, 6.45) is 3.90. The molecule has 2 N–H and O–H groups in total. The van der Waals surface area contributed by atoms with Crippen molar-refractivity contribution in [2.24, 2.45) is 0 Å². The average Bonchev–Trinajstić information content (AvgIpc) is 3.11. The molecule has 3 heterocycles. The minimum atomic E-state index is -0.316. The van der Waals surface area contributed by atoms with Crippen molar-refractivity contribution in [2.45, 2.75) is 33.1 Å². The maximum Gasteiger partial charge on any atom is 0.262 e. The van der Waals surface area contributed by atoms with Gasteiger partial charge in [0.15, 0.2) is 6.61 Å². The predicted octanol–water partition coefficient (Wildman–Crippen LogP) is 3.38. The Bertz CT molecular complexity index is 1220. The molecule has 166 valence electrons. The van der Waals surface area contributed by atoms with Crippen LogP contribution in [0.5, 0.6) is 5.75 Å². The van der Waals surface area contributed by atoms with Crippen LogP contribution >= 0.6 is 0 Å². The topological polar surface area (TPSA) is 105 Å². The molecule has 32 heavy (non-hydrogen) atoms. The number of fused-ring (bicyclic) bond motifs is 2. The van der Waals surface area contributed by atoms with E-state index in [1.165, 1.54) is 0 Å². The highest BCUT2D eigenvalue weighted by atomic mass is 16.5. The minimum Gasteiger partial charge on any atom is -0.482 e. The number of carbonyl (C=O) groups excluding carboxylic acids is 3. The Morgan fingerprint density at radius 3 is 2.88 bits per heavy atom. The number of nitrogens with one attached hydrogen (secondary N) is 2. The van der Waals surface area contributed by atoms with Crippen molar-refractivity contribution < 1.29 is 19.1 Å². The molecule has 9 heteroatoms. The number of amides is 3. The van der Waals surface area contributed by atoms with Crippen molar-refractivity contribution in [1.29, 1.82) is 0 Å². The summed E-state index contributed by atoms with van der Waals surface area (Å²) in [5, 5.41) is 5.56. The number of anilines is 3. The Kier molecular flexibility index (Phi) is 5.81. The van der Waals surface area contributed by atoms with Gasteiger partial charge in [0.25, 0.3) is 11.8 Å². The number of carbonyl (C=O) groups is 3. The van der Waals surface area contributed by atoms with E-state index in [2.05, 4.69) is 15.6 Å². The van der Waals surface area contributed by atoms with Gasteiger partial charge < -0.3 is 15.4 Å². The highest BCUT2D eigenvalue weighted by Gasteiger charge is 2.20. The first-order valence-electron chi connectivity index (χ1n) is 10.5. The van der Waals surface area contributed by atoms with Crippen LogP contribution in [0, 0.1) is 6.92 Å². The lowest BCUT2D eigenvalue weighted by Gasteiger charge is -2.19. The quantitative estimate of drug-likeness (QED) is 0.618. The third-order valence-corrected chi connectivity index (χ3v) is 5.33. The van der Waals surface area contributed by atoms with Gasteiger partial charge in [-0.2, -0.15) is 0 Å². The number of rotatable bonds is 6. The summed E-state index contributed by atoms with van der Waals surface area (Å²) in [5.41, 5.74) is 2.89. The second kappa shape index (κ2) is 8.70. The molecular formula is C23H25N5O4. The molecule has 0 radical (unpaired) electrons. The zero-order valence-corrected chi connectivity index (χ0v) is 18.3. The zero-order chi connectivity index (χ0) is 22.8. The van der Waals surface area contributed by atoms with Gasteiger partial charge in [0.2, 0.25) is 5.91 Å². The third kappa shape index (κ3) is 4.14. The Hall–Kier alpha value is -3.88. The Labute approximate surface area is 185 Å². The van der Waals surface area contributed by atoms with Gasteiger partial charge in [-0.15, -0.1) is 0 Å². The maximum atomic E-state index is 12.9. The van der Waals surface area contributed by atoms with Crippen LogP contribution in [0.1, 0.15) is 42.2 Å². The van der Waals surface area contributed by atoms with E-state index >= 15 is 0 Å². The van der Waals surface area contributed by atoms with Crippen molar-refractivity contribution >= 4 is 40.6 Å². The van der Waals surface area contributed by atoms with Gasteiger partial charge in [0.05, 0.1) is 16.9 Å². The van der Waals surface area contributed by atoms with Crippen molar-refractivity contribution in [2.75, 3.05) is 29.2 Å². The first-order valence-corrected chi connectivity index (χ1v) is 10.5. The molecule has 0 bridgehead atoms. The number of unbranched alkanes of at least 4 members (excludes halogenated alkanes) is 1. The highest BCUT2D eigenvalue weighted by molar-refractivity contribution is 6.05. The van der Waals surface area contributed by atoms with E-state index in [1.54, 1.807) is 52.9 Å². The first-order chi connectivity index (χ1) is 15.4. The molecule has 9 nitrogen and oxygen atoms in total. The second-order valence-corrected chi connectivity index (χ2v) is 7.73. The van der Waals surface area contributed by atoms with Gasteiger partial charge in [-0.3, -0.25) is 23.7 Å². The molecule has 0 unspecified atom stereocenters. The lowest BCUT2D eigenvalue weighted by molar-refractivity contribution is -0.119. The fraction of sp³-hybridized carbons (Fsp3) is 0.304. The molecule has 0 fully saturated rings. The van der Waals surface area contributed by atoms with Crippen LogP contribution in [0.4, 0.5) is 17.2 Å². The lowest BCUT2D eigenvalue weighted by atomic mass is 10.2. The van der Waals surface area contributed by atoms with Crippen LogP contribution in [0.15, 0.2) is 36.5 Å². The zero-order valence-electron chi connectivity index (χ0n) is 18.3. The average molecular weight is 435 g/mol.